The SMILES string of the molecule is CC[C@H](OC(=O)c1cc(-c2cc(C)sc2C)nc2onc(C)c12)C(=O)Nc1cc(C)on1. The lowest BCUT2D eigenvalue weighted by Crippen LogP contribution is -2.32. The van der Waals surface area contributed by atoms with Gasteiger partial charge < -0.3 is 19.1 Å². The van der Waals surface area contributed by atoms with Gasteiger partial charge >= 0.3 is 5.97 Å². The molecule has 0 spiro atoms. The molecule has 166 valence electrons. The maximum atomic E-state index is 13.2. The number of esters is 1. The summed E-state index contributed by atoms with van der Waals surface area (Å²) in [4.78, 5) is 32.5. The Bertz CT molecular complexity index is 1320. The number of anilines is 1. The van der Waals surface area contributed by atoms with Gasteiger partial charge in [0.1, 0.15) is 5.76 Å². The first-order valence-electron chi connectivity index (χ1n) is 10.1. The fourth-order valence-electron chi connectivity index (χ4n) is 3.43. The Morgan fingerprint density at radius 2 is 1.91 bits per heavy atom. The standard InChI is InChI=1S/C22H22N4O5S/c1-6-17(20(27)24-18-7-10(2)30-26-18)29-22(28)15-9-16(14-8-11(3)32-13(14)5)23-21-19(15)12(4)25-31-21/h7-9,17H,6H2,1-5H3,(H,24,26,27)/t17-/m0/s1. The van der Waals surface area contributed by atoms with Crippen molar-refractivity contribution in [2.75, 3.05) is 5.32 Å². The van der Waals surface area contributed by atoms with Crippen molar-refractivity contribution in [1.82, 2.24) is 15.3 Å². The Kier molecular flexibility index (Phi) is 5.79. The van der Waals surface area contributed by atoms with E-state index in [0.29, 0.717) is 22.5 Å². The van der Waals surface area contributed by atoms with E-state index < -0.39 is 18.0 Å². The molecular weight excluding hydrogens is 432 g/mol. The van der Waals surface area contributed by atoms with E-state index >= 15 is 0 Å². The second-order valence-electron chi connectivity index (χ2n) is 7.44. The number of hydrogen-bond acceptors (Lipinski definition) is 9. The van der Waals surface area contributed by atoms with Gasteiger partial charge in [-0.1, -0.05) is 17.2 Å². The third kappa shape index (κ3) is 4.13. The van der Waals surface area contributed by atoms with Crippen LogP contribution in [0.25, 0.3) is 22.4 Å². The van der Waals surface area contributed by atoms with E-state index in [4.69, 9.17) is 13.8 Å². The first-order valence-corrected chi connectivity index (χ1v) is 10.9. The number of carbonyl (C=O) groups is 2. The molecule has 0 radical (unpaired) electrons. The molecule has 10 heteroatoms. The first kappa shape index (κ1) is 21.7. The lowest BCUT2D eigenvalue weighted by Gasteiger charge is -2.15. The highest BCUT2D eigenvalue weighted by atomic mass is 32.1. The second kappa shape index (κ2) is 8.54. The van der Waals surface area contributed by atoms with E-state index in [1.165, 1.54) is 0 Å². The van der Waals surface area contributed by atoms with Crippen LogP contribution in [0, 0.1) is 27.7 Å². The molecule has 0 aliphatic carbocycles. The fraction of sp³-hybridized carbons (Fsp3) is 0.318. The lowest BCUT2D eigenvalue weighted by molar-refractivity contribution is -0.124. The van der Waals surface area contributed by atoms with Crippen LogP contribution in [0.15, 0.2) is 27.2 Å². The fourth-order valence-corrected chi connectivity index (χ4v) is 4.36. The molecule has 4 rings (SSSR count). The van der Waals surface area contributed by atoms with Crippen molar-refractivity contribution in [3.63, 3.8) is 0 Å². The Morgan fingerprint density at radius 1 is 1.12 bits per heavy atom. The summed E-state index contributed by atoms with van der Waals surface area (Å²) in [6.07, 6.45) is -0.738. The number of hydrogen-bond donors (Lipinski definition) is 1. The first-order chi connectivity index (χ1) is 15.3. The van der Waals surface area contributed by atoms with Crippen LogP contribution in [0.5, 0.6) is 0 Å². The Morgan fingerprint density at radius 3 is 2.53 bits per heavy atom. The van der Waals surface area contributed by atoms with Crippen molar-refractivity contribution >= 4 is 40.1 Å². The number of fused-ring (bicyclic) bond motifs is 1. The van der Waals surface area contributed by atoms with Crippen LogP contribution in [0.2, 0.25) is 0 Å². The van der Waals surface area contributed by atoms with Gasteiger partial charge in [0.05, 0.1) is 22.3 Å². The maximum Gasteiger partial charge on any atom is 0.339 e. The molecule has 0 aromatic carbocycles. The molecule has 0 fully saturated rings. The smallest absolute Gasteiger partial charge is 0.339 e. The van der Waals surface area contributed by atoms with Crippen molar-refractivity contribution in [3.8, 4) is 11.3 Å². The van der Waals surface area contributed by atoms with Gasteiger partial charge in [0, 0.05) is 21.4 Å². The average molecular weight is 455 g/mol. The third-order valence-corrected chi connectivity index (χ3v) is 5.91. The summed E-state index contributed by atoms with van der Waals surface area (Å²) in [6.45, 7) is 9.19. The molecule has 0 saturated carbocycles. The van der Waals surface area contributed by atoms with Crippen molar-refractivity contribution in [2.24, 2.45) is 0 Å². The summed E-state index contributed by atoms with van der Waals surface area (Å²) in [6, 6.07) is 5.25. The van der Waals surface area contributed by atoms with E-state index in [-0.39, 0.29) is 23.5 Å². The Hall–Kier alpha value is -3.53. The molecular formula is C22H22N4O5S. The minimum Gasteiger partial charge on any atom is -0.449 e. The van der Waals surface area contributed by atoms with Crippen molar-refractivity contribution in [3.05, 3.63) is 45.0 Å². The van der Waals surface area contributed by atoms with Gasteiger partial charge in [0.2, 0.25) is 0 Å². The zero-order chi connectivity index (χ0) is 23.0. The topological polar surface area (TPSA) is 120 Å². The number of aryl methyl sites for hydroxylation is 4. The van der Waals surface area contributed by atoms with Crippen molar-refractivity contribution in [1.29, 1.82) is 0 Å². The van der Waals surface area contributed by atoms with Gasteiger partial charge in [-0.15, -0.1) is 11.3 Å². The summed E-state index contributed by atoms with van der Waals surface area (Å²) in [5.74, 6) is -0.341. The highest BCUT2D eigenvalue weighted by Crippen LogP contribution is 2.33. The van der Waals surface area contributed by atoms with Crippen LogP contribution in [0.4, 0.5) is 5.82 Å². The summed E-state index contributed by atoms with van der Waals surface area (Å²) in [5, 5.41) is 10.8. The van der Waals surface area contributed by atoms with Gasteiger partial charge in [-0.25, -0.2) is 9.78 Å². The van der Waals surface area contributed by atoms with Gasteiger partial charge in [-0.3, -0.25) is 4.79 Å². The summed E-state index contributed by atoms with van der Waals surface area (Å²) in [7, 11) is 0. The van der Waals surface area contributed by atoms with E-state index in [2.05, 4.69) is 20.6 Å². The average Bonchev–Trinajstić information content (AvgIpc) is 3.43. The third-order valence-electron chi connectivity index (χ3n) is 4.95. The minimum atomic E-state index is -1.02. The number of thiophene rings is 1. The molecule has 9 nitrogen and oxygen atoms in total. The number of amides is 1. The van der Waals surface area contributed by atoms with Crippen LogP contribution >= 0.6 is 11.3 Å². The summed E-state index contributed by atoms with van der Waals surface area (Å²) >= 11 is 1.64. The normalized spacial score (nSPS) is 12.2. The van der Waals surface area contributed by atoms with Crippen LogP contribution in [-0.2, 0) is 9.53 Å². The maximum absolute atomic E-state index is 13.2. The molecule has 0 aliphatic heterocycles. The number of rotatable bonds is 6. The Balaban J connectivity index is 1.66. The van der Waals surface area contributed by atoms with E-state index in [0.717, 1.165) is 15.3 Å². The molecule has 1 N–H and O–H groups in total. The molecule has 0 saturated heterocycles. The van der Waals surface area contributed by atoms with Crippen LogP contribution < -0.4 is 5.32 Å². The largest absolute Gasteiger partial charge is 0.449 e. The second-order valence-corrected chi connectivity index (χ2v) is 8.90. The quantitative estimate of drug-likeness (QED) is 0.415. The molecule has 0 unspecified atom stereocenters. The zero-order valence-corrected chi connectivity index (χ0v) is 19.1. The number of aromatic nitrogens is 3. The van der Waals surface area contributed by atoms with Gasteiger partial charge in [0.15, 0.2) is 11.9 Å². The number of carbonyl (C=O) groups excluding carboxylic acids is 2. The van der Waals surface area contributed by atoms with Crippen LogP contribution in [0.3, 0.4) is 0 Å². The Labute approximate surface area is 187 Å². The van der Waals surface area contributed by atoms with E-state index in [1.54, 1.807) is 44.2 Å². The van der Waals surface area contributed by atoms with Crippen LogP contribution in [-0.4, -0.2) is 33.3 Å². The monoisotopic (exact) mass is 454 g/mol. The van der Waals surface area contributed by atoms with Gasteiger partial charge in [0.25, 0.3) is 11.6 Å². The lowest BCUT2D eigenvalue weighted by atomic mass is 10.1. The molecule has 4 heterocycles. The van der Waals surface area contributed by atoms with Crippen molar-refractivity contribution in [2.45, 2.75) is 47.1 Å². The molecule has 4 aromatic rings. The molecule has 1 amide bonds. The predicted octanol–water partition coefficient (Wildman–Crippen LogP) is 4.75. The molecule has 1 atom stereocenters. The molecule has 4 aromatic heterocycles. The highest BCUT2D eigenvalue weighted by Gasteiger charge is 2.27. The van der Waals surface area contributed by atoms with Gasteiger partial charge in [-0.2, -0.15) is 0 Å². The zero-order valence-electron chi connectivity index (χ0n) is 18.3. The summed E-state index contributed by atoms with van der Waals surface area (Å²) < 4.78 is 15.9. The number of pyridine rings is 1. The van der Waals surface area contributed by atoms with Crippen molar-refractivity contribution < 1.29 is 23.4 Å². The van der Waals surface area contributed by atoms with Gasteiger partial charge in [-0.05, 0) is 46.2 Å². The van der Waals surface area contributed by atoms with Crippen LogP contribution in [0.1, 0.15) is 44.9 Å². The molecule has 0 bridgehead atoms. The summed E-state index contributed by atoms with van der Waals surface area (Å²) in [5.41, 5.74) is 2.49. The van der Waals surface area contributed by atoms with E-state index in [9.17, 15) is 9.59 Å². The predicted molar refractivity (Wildman–Crippen MR) is 119 cm³/mol. The van der Waals surface area contributed by atoms with E-state index in [1.807, 2.05) is 19.9 Å². The minimum absolute atomic E-state index is 0.241. The number of nitrogens with zero attached hydrogens (tertiary/aromatic N) is 3. The number of ether oxygens (including phenoxy) is 1. The molecule has 0 aliphatic rings. The molecule has 32 heavy (non-hydrogen) atoms. The number of nitrogens with one attached hydrogen (secondary N) is 1. The highest BCUT2D eigenvalue weighted by molar-refractivity contribution is 7.12.